The first kappa shape index (κ1) is 15.5. The maximum absolute atomic E-state index is 12.5. The number of benzene rings is 1. The first-order valence-corrected chi connectivity index (χ1v) is 7.10. The largest absolute Gasteiger partial charge is 0.308 e. The van der Waals surface area contributed by atoms with Crippen LogP contribution in [0.2, 0.25) is 5.02 Å². The third kappa shape index (κ3) is 3.48. The zero-order chi connectivity index (χ0) is 14.1. The highest BCUT2D eigenvalue weighted by atomic mass is 79.9. The van der Waals surface area contributed by atoms with Crippen LogP contribution in [0.4, 0.5) is 5.69 Å². The summed E-state index contributed by atoms with van der Waals surface area (Å²) in [6.07, 6.45) is 0. The van der Waals surface area contributed by atoms with Gasteiger partial charge in [0, 0.05) is 15.9 Å². The van der Waals surface area contributed by atoms with Gasteiger partial charge in [0.2, 0.25) is 5.91 Å². The van der Waals surface area contributed by atoms with E-state index in [2.05, 4.69) is 15.9 Å². The Morgan fingerprint density at radius 2 is 1.89 bits per heavy atom. The monoisotopic (exact) mass is 331 g/mol. The Bertz CT molecular complexity index is 452. The topological polar surface area (TPSA) is 20.3 Å². The van der Waals surface area contributed by atoms with Crippen molar-refractivity contribution in [2.24, 2.45) is 5.41 Å². The summed E-state index contributed by atoms with van der Waals surface area (Å²) in [5.41, 5.74) is 0.329. The highest BCUT2D eigenvalue weighted by Gasteiger charge is 2.30. The second-order valence-electron chi connectivity index (χ2n) is 5.61. The van der Waals surface area contributed by atoms with E-state index < -0.39 is 5.41 Å². The molecule has 100 valence electrons. The molecule has 18 heavy (non-hydrogen) atoms. The third-order valence-corrected chi connectivity index (χ3v) is 3.34. The number of nitrogens with zero attached hydrogens (tertiary/aromatic N) is 1. The van der Waals surface area contributed by atoms with Crippen molar-refractivity contribution in [2.75, 3.05) is 4.90 Å². The number of amides is 1. The van der Waals surface area contributed by atoms with E-state index >= 15 is 0 Å². The molecule has 0 spiro atoms. The van der Waals surface area contributed by atoms with E-state index in [9.17, 15) is 4.79 Å². The fourth-order valence-corrected chi connectivity index (χ4v) is 2.42. The Morgan fingerprint density at radius 1 is 1.33 bits per heavy atom. The average Bonchev–Trinajstić information content (AvgIpc) is 2.19. The molecule has 1 aromatic carbocycles. The van der Waals surface area contributed by atoms with E-state index in [-0.39, 0.29) is 11.9 Å². The molecule has 0 N–H and O–H groups in total. The predicted octanol–water partition coefficient (Wildman–Crippen LogP) is 4.89. The summed E-state index contributed by atoms with van der Waals surface area (Å²) in [6.45, 7) is 9.72. The molecular formula is C14H19BrClNO. The lowest BCUT2D eigenvalue weighted by molar-refractivity contribution is -0.126. The van der Waals surface area contributed by atoms with Crippen LogP contribution in [-0.4, -0.2) is 11.9 Å². The van der Waals surface area contributed by atoms with E-state index in [0.717, 1.165) is 10.2 Å². The molecule has 0 aromatic heterocycles. The Labute approximate surface area is 122 Å². The zero-order valence-electron chi connectivity index (χ0n) is 11.4. The van der Waals surface area contributed by atoms with Crippen molar-refractivity contribution in [3.05, 3.63) is 27.7 Å². The standard InChI is InChI=1S/C14H19BrClNO/c1-9(2)17(13(18)14(3,4)5)12-7-6-10(15)8-11(12)16/h6-9H,1-5H3. The van der Waals surface area contributed by atoms with Crippen LogP contribution in [0.15, 0.2) is 22.7 Å². The maximum Gasteiger partial charge on any atom is 0.232 e. The molecule has 0 radical (unpaired) electrons. The molecule has 0 aliphatic carbocycles. The summed E-state index contributed by atoms with van der Waals surface area (Å²) in [5.74, 6) is 0.0710. The number of rotatable bonds is 2. The Balaban J connectivity index is 3.25. The second-order valence-corrected chi connectivity index (χ2v) is 6.94. The lowest BCUT2D eigenvalue weighted by Crippen LogP contribution is -2.44. The maximum atomic E-state index is 12.5. The fraction of sp³-hybridized carbons (Fsp3) is 0.500. The number of halogens is 2. The van der Waals surface area contributed by atoms with Gasteiger partial charge in [0.1, 0.15) is 0 Å². The average molecular weight is 333 g/mol. The summed E-state index contributed by atoms with van der Waals surface area (Å²) in [4.78, 5) is 14.3. The molecule has 1 amide bonds. The van der Waals surface area contributed by atoms with Crippen LogP contribution in [0.25, 0.3) is 0 Å². The van der Waals surface area contributed by atoms with Gasteiger partial charge in [-0.15, -0.1) is 0 Å². The van der Waals surface area contributed by atoms with Gasteiger partial charge in [-0.3, -0.25) is 4.79 Å². The van der Waals surface area contributed by atoms with Crippen LogP contribution in [0.5, 0.6) is 0 Å². The molecular weight excluding hydrogens is 314 g/mol. The van der Waals surface area contributed by atoms with Crippen molar-refractivity contribution >= 4 is 39.1 Å². The van der Waals surface area contributed by atoms with Gasteiger partial charge in [-0.25, -0.2) is 0 Å². The van der Waals surface area contributed by atoms with Crippen LogP contribution in [-0.2, 0) is 4.79 Å². The van der Waals surface area contributed by atoms with Crippen LogP contribution < -0.4 is 4.90 Å². The van der Waals surface area contributed by atoms with Crippen LogP contribution in [0, 0.1) is 5.41 Å². The molecule has 0 aliphatic heterocycles. The molecule has 0 unspecified atom stereocenters. The third-order valence-electron chi connectivity index (χ3n) is 2.55. The normalized spacial score (nSPS) is 11.8. The van der Waals surface area contributed by atoms with E-state index in [1.165, 1.54) is 0 Å². The predicted molar refractivity (Wildman–Crippen MR) is 81.2 cm³/mol. The minimum Gasteiger partial charge on any atom is -0.308 e. The minimum absolute atomic E-state index is 0.0652. The van der Waals surface area contributed by atoms with Gasteiger partial charge >= 0.3 is 0 Å². The molecule has 0 fully saturated rings. The van der Waals surface area contributed by atoms with Gasteiger partial charge in [-0.1, -0.05) is 48.3 Å². The van der Waals surface area contributed by atoms with Crippen molar-refractivity contribution in [1.82, 2.24) is 0 Å². The Kier molecular flexibility index (Phi) is 4.84. The number of carbonyl (C=O) groups is 1. The zero-order valence-corrected chi connectivity index (χ0v) is 13.8. The molecule has 0 saturated heterocycles. The van der Waals surface area contributed by atoms with Crippen LogP contribution in [0.1, 0.15) is 34.6 Å². The first-order chi connectivity index (χ1) is 8.14. The summed E-state index contributed by atoms with van der Waals surface area (Å²) in [7, 11) is 0. The molecule has 0 heterocycles. The van der Waals surface area contributed by atoms with Gasteiger partial charge in [-0.05, 0) is 32.0 Å². The van der Waals surface area contributed by atoms with Gasteiger partial charge in [0.15, 0.2) is 0 Å². The van der Waals surface area contributed by atoms with Crippen LogP contribution in [0.3, 0.4) is 0 Å². The quantitative estimate of drug-likeness (QED) is 0.755. The lowest BCUT2D eigenvalue weighted by atomic mass is 9.93. The Hall–Kier alpha value is -0.540. The van der Waals surface area contributed by atoms with Gasteiger partial charge in [0.05, 0.1) is 10.7 Å². The van der Waals surface area contributed by atoms with Crippen molar-refractivity contribution in [2.45, 2.75) is 40.7 Å². The van der Waals surface area contributed by atoms with Crippen molar-refractivity contribution in [3.8, 4) is 0 Å². The van der Waals surface area contributed by atoms with E-state index in [1.807, 2.05) is 52.8 Å². The van der Waals surface area contributed by atoms with Crippen molar-refractivity contribution < 1.29 is 4.79 Å². The number of carbonyl (C=O) groups excluding carboxylic acids is 1. The SMILES string of the molecule is CC(C)N(C(=O)C(C)(C)C)c1ccc(Br)cc1Cl. The molecule has 4 heteroatoms. The van der Waals surface area contributed by atoms with Crippen molar-refractivity contribution in [1.29, 1.82) is 0 Å². The summed E-state index contributed by atoms with van der Waals surface area (Å²) in [6, 6.07) is 5.64. The van der Waals surface area contributed by atoms with Crippen molar-refractivity contribution in [3.63, 3.8) is 0 Å². The lowest BCUT2D eigenvalue weighted by Gasteiger charge is -2.33. The molecule has 2 nitrogen and oxygen atoms in total. The summed E-state index contributed by atoms with van der Waals surface area (Å²) >= 11 is 9.61. The van der Waals surface area contributed by atoms with Gasteiger partial charge in [0.25, 0.3) is 0 Å². The summed E-state index contributed by atoms with van der Waals surface area (Å²) in [5, 5.41) is 0.579. The minimum atomic E-state index is -0.430. The molecule has 0 atom stereocenters. The number of hydrogen-bond acceptors (Lipinski definition) is 1. The van der Waals surface area contributed by atoms with E-state index in [4.69, 9.17) is 11.6 Å². The van der Waals surface area contributed by atoms with Crippen LogP contribution >= 0.6 is 27.5 Å². The van der Waals surface area contributed by atoms with Gasteiger partial charge in [-0.2, -0.15) is 0 Å². The van der Waals surface area contributed by atoms with E-state index in [0.29, 0.717) is 5.02 Å². The molecule has 1 aromatic rings. The molecule has 0 bridgehead atoms. The number of hydrogen-bond donors (Lipinski definition) is 0. The highest BCUT2D eigenvalue weighted by molar-refractivity contribution is 9.10. The number of anilines is 1. The molecule has 1 rings (SSSR count). The van der Waals surface area contributed by atoms with E-state index in [1.54, 1.807) is 4.90 Å². The fourth-order valence-electron chi connectivity index (χ4n) is 1.66. The van der Waals surface area contributed by atoms with Gasteiger partial charge < -0.3 is 4.90 Å². The summed E-state index contributed by atoms with van der Waals surface area (Å²) < 4.78 is 0.906. The Morgan fingerprint density at radius 3 is 2.28 bits per heavy atom. The second kappa shape index (κ2) is 5.62. The molecule has 0 saturated carbocycles. The molecule has 0 aliphatic rings. The highest BCUT2D eigenvalue weighted by Crippen LogP contribution is 2.33. The first-order valence-electron chi connectivity index (χ1n) is 5.93. The smallest absolute Gasteiger partial charge is 0.232 e.